The highest BCUT2D eigenvalue weighted by Crippen LogP contribution is 2.48. The third-order valence-electron chi connectivity index (χ3n) is 7.87. The first kappa shape index (κ1) is 24.9. The molecule has 1 aromatic carbocycles. The third-order valence-corrected chi connectivity index (χ3v) is 7.87. The molecule has 11 nitrogen and oxygen atoms in total. The van der Waals surface area contributed by atoms with Crippen molar-refractivity contribution in [3.05, 3.63) is 77.6 Å². The predicted octanol–water partition coefficient (Wildman–Crippen LogP) is 2.23. The summed E-state index contributed by atoms with van der Waals surface area (Å²) >= 11 is 0. The Bertz CT molecular complexity index is 1770. The number of fused-ring (bicyclic) bond motifs is 2. The van der Waals surface area contributed by atoms with Gasteiger partial charge in [-0.3, -0.25) is 19.1 Å². The second-order valence-electron chi connectivity index (χ2n) is 10.8. The molecule has 1 aliphatic heterocycles. The van der Waals surface area contributed by atoms with Crippen LogP contribution in [0.5, 0.6) is 0 Å². The summed E-state index contributed by atoms with van der Waals surface area (Å²) in [6, 6.07) is 12.1. The van der Waals surface area contributed by atoms with Crippen molar-refractivity contribution in [2.45, 2.75) is 50.2 Å². The lowest BCUT2D eigenvalue weighted by atomic mass is 10.1. The second-order valence-corrected chi connectivity index (χ2v) is 10.8. The zero-order valence-corrected chi connectivity index (χ0v) is 22.0. The molecule has 2 saturated carbocycles. The van der Waals surface area contributed by atoms with Crippen LogP contribution in [0.4, 0.5) is 5.82 Å². The number of carbonyl (C=O) groups is 3. The first-order valence-corrected chi connectivity index (χ1v) is 13.6. The van der Waals surface area contributed by atoms with Gasteiger partial charge in [0.1, 0.15) is 18.4 Å². The van der Waals surface area contributed by atoms with E-state index in [1.54, 1.807) is 47.6 Å². The monoisotopic (exact) mass is 546 g/mol. The lowest BCUT2D eigenvalue weighted by Gasteiger charge is -2.27. The van der Waals surface area contributed by atoms with Gasteiger partial charge in [0.15, 0.2) is 5.69 Å². The number of amides is 3. The van der Waals surface area contributed by atoms with Crippen LogP contribution in [0.2, 0.25) is 0 Å². The van der Waals surface area contributed by atoms with E-state index in [1.807, 2.05) is 12.1 Å². The summed E-state index contributed by atoms with van der Waals surface area (Å²) < 4.78 is 1.47. The zero-order chi connectivity index (χ0) is 28.1. The Balaban J connectivity index is 1.12. The summed E-state index contributed by atoms with van der Waals surface area (Å²) in [4.78, 5) is 53.6. The standard InChI is InChI=1S/C30H26N8O3/c31-29(40)28-20-13-17(6-10-25-32-11-2-12-33-25)5-9-22(20)37(36-28)16-27(39)38-23-14-19(23)15-24(38)30(41)35-26-4-1-3-21(34-26)18-7-8-18/h1-5,9,11-13,18-19,23-24H,7-8,14-16H2,(H2,31,40)(H,34,35,41)/t19-,23?,24+/m1/s1. The van der Waals surface area contributed by atoms with Crippen molar-refractivity contribution in [3.8, 4) is 11.8 Å². The van der Waals surface area contributed by atoms with Crippen LogP contribution in [-0.4, -0.2) is 59.4 Å². The number of nitrogens with two attached hydrogens (primary N) is 1. The summed E-state index contributed by atoms with van der Waals surface area (Å²) in [5.41, 5.74) is 7.86. The molecule has 0 bridgehead atoms. The Labute approximate surface area is 235 Å². The van der Waals surface area contributed by atoms with Crippen molar-refractivity contribution in [2.75, 3.05) is 5.32 Å². The van der Waals surface area contributed by atoms with Gasteiger partial charge < -0.3 is 16.0 Å². The van der Waals surface area contributed by atoms with Gasteiger partial charge in [0.25, 0.3) is 5.91 Å². The molecular formula is C30H26N8O3. The fraction of sp³-hybridized carbons (Fsp3) is 0.300. The van der Waals surface area contributed by atoms with E-state index in [2.05, 4.69) is 37.2 Å². The van der Waals surface area contributed by atoms with E-state index >= 15 is 0 Å². The van der Waals surface area contributed by atoms with Crippen LogP contribution in [0.3, 0.4) is 0 Å². The van der Waals surface area contributed by atoms with Crippen LogP contribution in [0.25, 0.3) is 10.9 Å². The van der Waals surface area contributed by atoms with Gasteiger partial charge in [0.2, 0.25) is 17.6 Å². The van der Waals surface area contributed by atoms with Crippen molar-refractivity contribution in [3.63, 3.8) is 0 Å². The molecule has 3 fully saturated rings. The van der Waals surface area contributed by atoms with Crippen molar-refractivity contribution in [2.24, 2.45) is 11.7 Å². The summed E-state index contributed by atoms with van der Waals surface area (Å²) in [7, 11) is 0. The van der Waals surface area contributed by atoms with Crippen molar-refractivity contribution < 1.29 is 14.4 Å². The minimum Gasteiger partial charge on any atom is -0.364 e. The lowest BCUT2D eigenvalue weighted by Crippen LogP contribution is -2.46. The SMILES string of the molecule is NC(=O)c1nn(CC(=O)N2C3C[C@@H]3C[C@H]2C(=O)Nc2cccc(C3CC3)n2)c2ccc(C#Cc3ncccn3)cc12. The van der Waals surface area contributed by atoms with E-state index in [9.17, 15) is 14.4 Å². The average molecular weight is 547 g/mol. The van der Waals surface area contributed by atoms with Gasteiger partial charge in [0, 0.05) is 41.0 Å². The van der Waals surface area contributed by atoms with Crippen LogP contribution in [-0.2, 0) is 16.1 Å². The van der Waals surface area contributed by atoms with Gasteiger partial charge >= 0.3 is 0 Å². The number of anilines is 1. The number of piperidine rings is 1. The number of aromatic nitrogens is 5. The average Bonchev–Trinajstić information content (AvgIpc) is 3.90. The van der Waals surface area contributed by atoms with E-state index in [-0.39, 0.29) is 30.1 Å². The largest absolute Gasteiger partial charge is 0.364 e. The number of hydrogen-bond donors (Lipinski definition) is 2. The summed E-state index contributed by atoms with van der Waals surface area (Å²) in [6.45, 7) is -0.130. The van der Waals surface area contributed by atoms with Gasteiger partial charge in [-0.1, -0.05) is 12.0 Å². The highest BCUT2D eigenvalue weighted by molar-refractivity contribution is 6.05. The molecule has 7 rings (SSSR count). The van der Waals surface area contributed by atoms with E-state index < -0.39 is 11.9 Å². The number of pyridine rings is 1. The van der Waals surface area contributed by atoms with Crippen LogP contribution >= 0.6 is 0 Å². The maximum atomic E-state index is 13.6. The number of rotatable bonds is 6. The molecule has 3 amide bonds. The molecule has 3 aliphatic rings. The Morgan fingerprint density at radius 3 is 2.63 bits per heavy atom. The number of nitrogens with one attached hydrogen (secondary N) is 1. The maximum Gasteiger partial charge on any atom is 0.269 e. The first-order valence-electron chi connectivity index (χ1n) is 13.6. The van der Waals surface area contributed by atoms with Crippen molar-refractivity contribution in [1.82, 2.24) is 29.6 Å². The molecule has 204 valence electrons. The number of benzene rings is 1. The molecule has 41 heavy (non-hydrogen) atoms. The van der Waals surface area contributed by atoms with E-state index in [4.69, 9.17) is 5.73 Å². The minimum atomic E-state index is -0.709. The first-order chi connectivity index (χ1) is 19.9. The quantitative estimate of drug-likeness (QED) is 0.352. The zero-order valence-electron chi connectivity index (χ0n) is 22.0. The lowest BCUT2D eigenvalue weighted by molar-refractivity contribution is -0.138. The van der Waals surface area contributed by atoms with Crippen molar-refractivity contribution in [1.29, 1.82) is 0 Å². The molecule has 4 heterocycles. The highest BCUT2D eigenvalue weighted by Gasteiger charge is 2.56. The van der Waals surface area contributed by atoms with E-state index in [0.717, 1.165) is 25.0 Å². The molecule has 3 aromatic heterocycles. The molecule has 3 atom stereocenters. The van der Waals surface area contributed by atoms with Gasteiger partial charge in [-0.25, -0.2) is 15.0 Å². The van der Waals surface area contributed by atoms with Gasteiger partial charge in [-0.05, 0) is 73.9 Å². The summed E-state index contributed by atoms with van der Waals surface area (Å²) in [5.74, 6) is 6.36. The fourth-order valence-electron chi connectivity index (χ4n) is 5.65. The van der Waals surface area contributed by atoms with Crippen molar-refractivity contribution >= 4 is 34.4 Å². The third kappa shape index (κ3) is 4.89. The fourth-order valence-corrected chi connectivity index (χ4v) is 5.65. The number of carbonyl (C=O) groups excluding carboxylic acids is 3. The van der Waals surface area contributed by atoms with Crippen LogP contribution in [0.1, 0.15) is 59.2 Å². The van der Waals surface area contributed by atoms with Crippen LogP contribution in [0, 0.1) is 17.8 Å². The Morgan fingerprint density at radius 2 is 1.85 bits per heavy atom. The Kier molecular flexibility index (Phi) is 5.96. The molecule has 0 spiro atoms. The molecular weight excluding hydrogens is 520 g/mol. The van der Waals surface area contributed by atoms with Gasteiger partial charge in [-0.2, -0.15) is 5.10 Å². The highest BCUT2D eigenvalue weighted by atomic mass is 16.2. The summed E-state index contributed by atoms with van der Waals surface area (Å²) in [5, 5.41) is 7.80. The smallest absolute Gasteiger partial charge is 0.269 e. The van der Waals surface area contributed by atoms with Crippen LogP contribution < -0.4 is 11.1 Å². The number of primary amides is 1. The second kappa shape index (κ2) is 9.82. The molecule has 4 aromatic rings. The van der Waals surface area contributed by atoms with Crippen LogP contribution in [0.15, 0.2) is 54.9 Å². The van der Waals surface area contributed by atoms with Gasteiger partial charge in [-0.15, -0.1) is 0 Å². The molecule has 1 saturated heterocycles. The molecule has 0 radical (unpaired) electrons. The maximum absolute atomic E-state index is 13.6. The van der Waals surface area contributed by atoms with E-state index in [1.165, 1.54) is 4.68 Å². The molecule has 11 heteroatoms. The Hall–Kier alpha value is -5.11. The topological polar surface area (TPSA) is 149 Å². The molecule has 1 unspecified atom stereocenters. The minimum absolute atomic E-state index is 0.0310. The normalized spacial score (nSPS) is 20.7. The number of nitrogens with zero attached hydrogens (tertiary/aromatic N) is 6. The summed E-state index contributed by atoms with van der Waals surface area (Å²) in [6.07, 6.45) is 6.95. The Morgan fingerprint density at radius 1 is 1.02 bits per heavy atom. The number of likely N-dealkylation sites (tertiary alicyclic amines) is 1. The van der Waals surface area contributed by atoms with Gasteiger partial charge in [0.05, 0.1) is 5.52 Å². The number of hydrogen-bond acceptors (Lipinski definition) is 7. The molecule has 2 aliphatic carbocycles. The molecule has 3 N–H and O–H groups in total. The van der Waals surface area contributed by atoms with E-state index in [0.29, 0.717) is 46.4 Å². The predicted molar refractivity (Wildman–Crippen MR) is 148 cm³/mol.